The van der Waals surface area contributed by atoms with E-state index in [9.17, 15) is 31.2 Å². The summed E-state index contributed by atoms with van der Waals surface area (Å²) in [5.74, 6) is -0.830. The van der Waals surface area contributed by atoms with Crippen molar-refractivity contribution in [2.45, 2.75) is 69.0 Å². The second-order valence-corrected chi connectivity index (χ2v) is 13.5. The Morgan fingerprint density at radius 2 is 1.95 bits per heavy atom. The largest absolute Gasteiger partial charge is 0.465 e. The molecule has 0 aromatic carbocycles. The molecule has 1 amide bonds. The first kappa shape index (κ1) is 32.8. The summed E-state index contributed by atoms with van der Waals surface area (Å²) in [5.41, 5.74) is -0.298. The summed E-state index contributed by atoms with van der Waals surface area (Å²) in [6, 6.07) is 3.21. The summed E-state index contributed by atoms with van der Waals surface area (Å²) in [6.07, 6.45) is 1.04. The normalized spacial score (nSPS) is 13.0. The summed E-state index contributed by atoms with van der Waals surface area (Å²) < 4.78 is 71.5. The fourth-order valence-electron chi connectivity index (χ4n) is 3.81. The maximum absolute atomic E-state index is 13.3. The molecular formula is C25H32F3N5O5S3. The predicted octanol–water partition coefficient (Wildman–Crippen LogP) is 5.52. The lowest BCUT2D eigenvalue weighted by Gasteiger charge is -2.14. The molecule has 0 N–H and O–H groups in total. The molecule has 3 aromatic rings. The molecule has 0 aliphatic carbocycles. The summed E-state index contributed by atoms with van der Waals surface area (Å²) >= 11 is 1.49. The van der Waals surface area contributed by atoms with Gasteiger partial charge in [0.2, 0.25) is 10.1 Å². The molecule has 0 spiro atoms. The molecule has 1 unspecified atom stereocenters. The van der Waals surface area contributed by atoms with E-state index in [1.165, 1.54) is 36.3 Å². The van der Waals surface area contributed by atoms with Crippen LogP contribution in [0.5, 0.6) is 0 Å². The van der Waals surface area contributed by atoms with Crippen LogP contribution in [-0.4, -0.2) is 65.0 Å². The first-order valence-electron chi connectivity index (χ1n) is 13.0. The van der Waals surface area contributed by atoms with Crippen molar-refractivity contribution in [1.29, 1.82) is 0 Å². The quantitative estimate of drug-likeness (QED) is 0.166. The van der Waals surface area contributed by atoms with E-state index in [0.717, 1.165) is 30.6 Å². The van der Waals surface area contributed by atoms with E-state index >= 15 is 0 Å². The topological polar surface area (TPSA) is 124 Å². The zero-order chi connectivity index (χ0) is 30.4. The van der Waals surface area contributed by atoms with Gasteiger partial charge in [0.15, 0.2) is 20.6 Å². The van der Waals surface area contributed by atoms with Crippen molar-refractivity contribution in [3.8, 4) is 0 Å². The van der Waals surface area contributed by atoms with Crippen LogP contribution in [0, 0.1) is 5.92 Å². The number of hydrogen-bond acceptors (Lipinski definition) is 10. The number of halogens is 3. The van der Waals surface area contributed by atoms with Crippen LogP contribution in [0.4, 0.5) is 18.3 Å². The number of esters is 1. The Morgan fingerprint density at radius 3 is 2.56 bits per heavy atom. The lowest BCUT2D eigenvalue weighted by molar-refractivity contribution is -0.144. The summed E-state index contributed by atoms with van der Waals surface area (Å²) in [5, 5.41) is 4.52. The number of anilines is 1. The van der Waals surface area contributed by atoms with Crippen LogP contribution in [0.25, 0.3) is 5.65 Å². The molecule has 0 saturated heterocycles. The van der Waals surface area contributed by atoms with Gasteiger partial charge in [-0.1, -0.05) is 51.4 Å². The molecular weight excluding hydrogens is 604 g/mol. The Hall–Kier alpha value is -2.72. The number of alkyl halides is 3. The Labute approximate surface area is 244 Å². The Morgan fingerprint density at radius 1 is 1.22 bits per heavy atom. The molecule has 3 aromatic heterocycles. The van der Waals surface area contributed by atoms with Crippen molar-refractivity contribution < 1.29 is 35.9 Å². The number of nitrogens with zero attached hydrogens (tertiary/aromatic N) is 5. The number of imidazole rings is 1. The van der Waals surface area contributed by atoms with Crippen LogP contribution in [0.1, 0.15) is 68.4 Å². The Balaban J connectivity index is 1.77. The summed E-state index contributed by atoms with van der Waals surface area (Å²) in [7, 11) is -2.81. The minimum absolute atomic E-state index is 0.149. The molecule has 0 bridgehead atoms. The van der Waals surface area contributed by atoms with Gasteiger partial charge in [-0.2, -0.15) is 13.2 Å². The number of sulfone groups is 1. The number of unbranched alkanes of at least 4 members (excludes halogenated alkanes) is 1. The molecule has 1 atom stereocenters. The van der Waals surface area contributed by atoms with Gasteiger partial charge in [0.05, 0.1) is 18.8 Å². The Kier molecular flexibility index (Phi) is 11.2. The first-order chi connectivity index (χ1) is 19.3. The highest BCUT2D eigenvalue weighted by Crippen LogP contribution is 2.35. The third kappa shape index (κ3) is 8.19. The molecule has 3 rings (SSSR count). The lowest BCUT2D eigenvalue weighted by Crippen LogP contribution is -2.28. The van der Waals surface area contributed by atoms with E-state index in [2.05, 4.69) is 29.0 Å². The monoisotopic (exact) mass is 635 g/mol. The van der Waals surface area contributed by atoms with Crippen molar-refractivity contribution in [2.24, 2.45) is 5.92 Å². The fourth-order valence-corrected chi connectivity index (χ4v) is 6.49. The van der Waals surface area contributed by atoms with Gasteiger partial charge in [-0.15, -0.1) is 22.0 Å². The molecule has 226 valence electrons. The fraction of sp³-hybridized carbons (Fsp3) is 0.560. The second kappa shape index (κ2) is 14.0. The molecule has 0 radical (unpaired) electrons. The van der Waals surface area contributed by atoms with Crippen LogP contribution in [-0.2, 0) is 25.5 Å². The maximum Gasteiger partial charge on any atom is 0.445 e. The number of aromatic nitrogens is 4. The molecule has 0 saturated carbocycles. The van der Waals surface area contributed by atoms with Crippen molar-refractivity contribution in [3.63, 3.8) is 0 Å². The molecule has 0 aliphatic heterocycles. The maximum atomic E-state index is 13.3. The smallest absolute Gasteiger partial charge is 0.445 e. The van der Waals surface area contributed by atoms with Gasteiger partial charge in [-0.05, 0) is 24.5 Å². The highest BCUT2D eigenvalue weighted by atomic mass is 32.2. The number of rotatable bonds is 14. The Bertz CT molecular complexity index is 1470. The van der Waals surface area contributed by atoms with E-state index in [-0.39, 0.29) is 45.3 Å². The van der Waals surface area contributed by atoms with E-state index in [4.69, 9.17) is 4.74 Å². The van der Waals surface area contributed by atoms with Crippen molar-refractivity contribution >= 4 is 55.6 Å². The van der Waals surface area contributed by atoms with Crippen molar-refractivity contribution in [3.05, 3.63) is 29.0 Å². The van der Waals surface area contributed by atoms with Gasteiger partial charge in [0.25, 0.3) is 5.91 Å². The van der Waals surface area contributed by atoms with Crippen molar-refractivity contribution in [2.75, 3.05) is 30.1 Å². The molecule has 16 heteroatoms. The van der Waals surface area contributed by atoms with E-state index in [1.807, 2.05) is 0 Å². The van der Waals surface area contributed by atoms with Crippen LogP contribution in [0.2, 0.25) is 0 Å². The van der Waals surface area contributed by atoms with Gasteiger partial charge >= 0.3 is 12.1 Å². The molecule has 0 aliphatic rings. The predicted molar refractivity (Wildman–Crippen MR) is 150 cm³/mol. The lowest BCUT2D eigenvalue weighted by atomic mass is 10.0. The minimum Gasteiger partial charge on any atom is -0.465 e. The van der Waals surface area contributed by atoms with Gasteiger partial charge < -0.3 is 4.74 Å². The third-order valence-corrected chi connectivity index (χ3v) is 10.1. The van der Waals surface area contributed by atoms with Gasteiger partial charge in [0, 0.05) is 23.9 Å². The number of carbonyl (C=O) groups is 2. The minimum atomic E-state index is -4.74. The number of thioether (sulfide) groups is 1. The zero-order valence-corrected chi connectivity index (χ0v) is 25.6. The average Bonchev–Trinajstić information content (AvgIpc) is 3.58. The standard InChI is InChI=1S/C25H32F3N5O5S3/c1-5-8-9-16(6-2)15-38-19(34)11-13-39-17-10-12-33-18(14-17)29-20(22(33)41(36,37)7-3)21(35)32(4)24-31-30-23(40-24)25(26,27)28/h10,12,14,16H,5-9,11,13,15H2,1-4H3. The number of carbonyl (C=O) groups excluding carboxylic acids is 2. The van der Waals surface area contributed by atoms with Crippen molar-refractivity contribution in [1.82, 2.24) is 19.6 Å². The summed E-state index contributed by atoms with van der Waals surface area (Å²) in [6.45, 7) is 6.00. The van der Waals surface area contributed by atoms with Crippen LogP contribution in [0.3, 0.4) is 0 Å². The number of hydrogen-bond donors (Lipinski definition) is 0. The molecule has 0 fully saturated rings. The number of amides is 1. The molecule has 10 nitrogen and oxygen atoms in total. The average molecular weight is 636 g/mol. The van der Waals surface area contributed by atoms with Gasteiger partial charge in [0.1, 0.15) is 5.65 Å². The zero-order valence-electron chi connectivity index (χ0n) is 23.1. The van der Waals surface area contributed by atoms with E-state index in [1.54, 1.807) is 12.1 Å². The highest BCUT2D eigenvalue weighted by molar-refractivity contribution is 7.99. The van der Waals surface area contributed by atoms with Crippen LogP contribution < -0.4 is 4.90 Å². The van der Waals surface area contributed by atoms with E-state index in [0.29, 0.717) is 23.2 Å². The number of fused-ring (bicyclic) bond motifs is 1. The van der Waals surface area contributed by atoms with E-state index < -0.39 is 32.6 Å². The van der Waals surface area contributed by atoms with Gasteiger partial charge in [-0.3, -0.25) is 18.9 Å². The second-order valence-electron chi connectivity index (χ2n) is 9.21. The highest BCUT2D eigenvalue weighted by Gasteiger charge is 2.37. The number of pyridine rings is 1. The first-order valence-corrected chi connectivity index (χ1v) is 16.5. The van der Waals surface area contributed by atoms with Crippen LogP contribution in [0.15, 0.2) is 28.3 Å². The number of ether oxygens (including phenoxy) is 1. The van der Waals surface area contributed by atoms with Gasteiger partial charge in [-0.25, -0.2) is 13.4 Å². The molecule has 3 heterocycles. The third-order valence-electron chi connectivity index (χ3n) is 6.28. The molecule has 41 heavy (non-hydrogen) atoms. The SMILES string of the molecule is CCCCC(CC)COC(=O)CCSc1ccn2c(S(=O)(=O)CC)c(C(=O)N(C)c3nnc(C(F)(F)F)s3)nc2c1. The summed E-state index contributed by atoms with van der Waals surface area (Å²) in [4.78, 5) is 31.2. The van der Waals surface area contributed by atoms with Crippen LogP contribution >= 0.6 is 23.1 Å².